The van der Waals surface area contributed by atoms with Crippen molar-refractivity contribution in [2.24, 2.45) is 0 Å². The molecular formula is C19H30ClN3O. The second kappa shape index (κ2) is 8.63. The number of aliphatic hydroxyl groups is 1. The van der Waals surface area contributed by atoms with E-state index in [9.17, 15) is 5.11 Å². The third-order valence-corrected chi connectivity index (χ3v) is 5.96. The van der Waals surface area contributed by atoms with Gasteiger partial charge in [-0.1, -0.05) is 30.7 Å². The van der Waals surface area contributed by atoms with Gasteiger partial charge in [0.15, 0.2) is 0 Å². The van der Waals surface area contributed by atoms with Crippen molar-refractivity contribution in [2.75, 3.05) is 39.3 Å². The minimum absolute atomic E-state index is 0.0909. The molecule has 0 unspecified atom stereocenters. The minimum atomic E-state index is 0.0909. The fraction of sp³-hybridized carbons (Fsp3) is 0.684. The Hall–Kier alpha value is -0.650. The molecule has 2 atom stereocenters. The molecule has 2 aliphatic rings. The average molecular weight is 352 g/mol. The van der Waals surface area contributed by atoms with Gasteiger partial charge in [0, 0.05) is 49.8 Å². The highest BCUT2D eigenvalue weighted by Crippen LogP contribution is 2.28. The van der Waals surface area contributed by atoms with Gasteiger partial charge in [-0.05, 0) is 37.0 Å². The van der Waals surface area contributed by atoms with Gasteiger partial charge in [-0.15, -0.1) is 0 Å². The van der Waals surface area contributed by atoms with Crippen LogP contribution in [0.2, 0.25) is 5.02 Å². The summed E-state index contributed by atoms with van der Waals surface area (Å²) >= 11 is 5.99. The summed E-state index contributed by atoms with van der Waals surface area (Å²) in [6, 6.07) is 9.38. The van der Waals surface area contributed by atoms with E-state index < -0.39 is 0 Å². The average Bonchev–Trinajstić information content (AvgIpc) is 2.64. The number of halogens is 1. The molecule has 134 valence electrons. The van der Waals surface area contributed by atoms with Gasteiger partial charge in [0.05, 0.1) is 12.6 Å². The van der Waals surface area contributed by atoms with Gasteiger partial charge in [-0.2, -0.15) is 0 Å². The Morgan fingerprint density at radius 1 is 1.21 bits per heavy atom. The molecule has 24 heavy (non-hydrogen) atoms. The van der Waals surface area contributed by atoms with Crippen LogP contribution < -0.4 is 5.32 Å². The Kier molecular flexibility index (Phi) is 6.53. The van der Waals surface area contributed by atoms with Crippen LogP contribution in [-0.2, 0) is 0 Å². The van der Waals surface area contributed by atoms with Crippen LogP contribution in [0.1, 0.15) is 37.8 Å². The van der Waals surface area contributed by atoms with Crippen LogP contribution in [0.3, 0.4) is 0 Å². The predicted octanol–water partition coefficient (Wildman–Crippen LogP) is 2.52. The first-order valence-corrected chi connectivity index (χ1v) is 9.67. The lowest BCUT2D eigenvalue weighted by atomic mass is 9.96. The SMILES string of the molecule is CC[C@H]1CNCCN1C1CCN([C@@H](CO)c2ccc(Cl)cc2)CC1. The highest BCUT2D eigenvalue weighted by Gasteiger charge is 2.32. The fourth-order valence-electron chi connectivity index (χ4n) is 4.28. The Morgan fingerprint density at radius 3 is 2.54 bits per heavy atom. The molecule has 0 amide bonds. The topological polar surface area (TPSA) is 38.7 Å². The summed E-state index contributed by atoms with van der Waals surface area (Å²) in [6.45, 7) is 7.97. The predicted molar refractivity (Wildman–Crippen MR) is 99.5 cm³/mol. The molecule has 1 aromatic carbocycles. The van der Waals surface area contributed by atoms with Crippen molar-refractivity contribution >= 4 is 11.6 Å². The smallest absolute Gasteiger partial charge is 0.0628 e. The third kappa shape index (κ3) is 4.12. The van der Waals surface area contributed by atoms with Crippen molar-refractivity contribution in [3.63, 3.8) is 0 Å². The number of aliphatic hydroxyl groups excluding tert-OH is 1. The van der Waals surface area contributed by atoms with Crippen LogP contribution in [0.25, 0.3) is 0 Å². The van der Waals surface area contributed by atoms with Crippen LogP contribution in [-0.4, -0.2) is 66.3 Å². The van der Waals surface area contributed by atoms with Gasteiger partial charge in [0.25, 0.3) is 0 Å². The summed E-state index contributed by atoms with van der Waals surface area (Å²) in [7, 11) is 0. The Bertz CT molecular complexity index is 502. The summed E-state index contributed by atoms with van der Waals surface area (Å²) in [5.74, 6) is 0. The van der Waals surface area contributed by atoms with Crippen molar-refractivity contribution in [3.05, 3.63) is 34.9 Å². The van der Waals surface area contributed by atoms with E-state index in [2.05, 4.69) is 22.0 Å². The number of likely N-dealkylation sites (tertiary alicyclic amines) is 1. The zero-order chi connectivity index (χ0) is 16.9. The lowest BCUT2D eigenvalue weighted by molar-refractivity contribution is 0.0314. The molecule has 2 saturated heterocycles. The largest absolute Gasteiger partial charge is 0.394 e. The number of piperazine rings is 1. The van der Waals surface area contributed by atoms with E-state index in [1.54, 1.807) is 0 Å². The number of nitrogens with one attached hydrogen (secondary N) is 1. The molecule has 4 nitrogen and oxygen atoms in total. The molecule has 0 aliphatic carbocycles. The van der Waals surface area contributed by atoms with Gasteiger partial charge in [-0.25, -0.2) is 0 Å². The lowest BCUT2D eigenvalue weighted by Crippen LogP contribution is -2.57. The number of benzene rings is 1. The summed E-state index contributed by atoms with van der Waals surface area (Å²) in [6.07, 6.45) is 3.61. The van der Waals surface area contributed by atoms with E-state index in [0.29, 0.717) is 12.1 Å². The van der Waals surface area contributed by atoms with E-state index in [1.807, 2.05) is 24.3 Å². The summed E-state index contributed by atoms with van der Waals surface area (Å²) in [5, 5.41) is 14.2. The van der Waals surface area contributed by atoms with Crippen LogP contribution in [0, 0.1) is 0 Å². The van der Waals surface area contributed by atoms with Crippen molar-refractivity contribution in [2.45, 2.75) is 44.3 Å². The van der Waals surface area contributed by atoms with E-state index in [-0.39, 0.29) is 12.6 Å². The van der Waals surface area contributed by atoms with Crippen LogP contribution in [0.4, 0.5) is 0 Å². The molecule has 1 aromatic rings. The van der Waals surface area contributed by atoms with E-state index in [0.717, 1.165) is 36.8 Å². The zero-order valence-corrected chi connectivity index (χ0v) is 15.4. The maximum Gasteiger partial charge on any atom is 0.0628 e. The monoisotopic (exact) mass is 351 g/mol. The number of nitrogens with zero attached hydrogens (tertiary/aromatic N) is 2. The van der Waals surface area contributed by atoms with Crippen LogP contribution in [0.15, 0.2) is 24.3 Å². The quantitative estimate of drug-likeness (QED) is 0.855. The molecule has 2 aliphatic heterocycles. The second-order valence-electron chi connectivity index (χ2n) is 7.02. The number of rotatable bonds is 5. The molecular weight excluding hydrogens is 322 g/mol. The Balaban J connectivity index is 1.60. The molecule has 3 rings (SSSR count). The van der Waals surface area contributed by atoms with Crippen molar-refractivity contribution in [3.8, 4) is 0 Å². The lowest BCUT2D eigenvalue weighted by Gasteiger charge is -2.46. The molecule has 0 aromatic heterocycles. The summed E-state index contributed by atoms with van der Waals surface area (Å²) in [4.78, 5) is 5.16. The van der Waals surface area contributed by atoms with Gasteiger partial charge in [-0.3, -0.25) is 9.80 Å². The van der Waals surface area contributed by atoms with Crippen LogP contribution >= 0.6 is 11.6 Å². The van der Waals surface area contributed by atoms with Crippen molar-refractivity contribution in [1.29, 1.82) is 0 Å². The third-order valence-electron chi connectivity index (χ3n) is 5.70. The molecule has 5 heteroatoms. The van der Waals surface area contributed by atoms with Crippen LogP contribution in [0.5, 0.6) is 0 Å². The van der Waals surface area contributed by atoms with Gasteiger partial charge in [0.2, 0.25) is 0 Å². The Labute approximate surface area is 150 Å². The number of piperidine rings is 1. The molecule has 2 heterocycles. The fourth-order valence-corrected chi connectivity index (χ4v) is 4.41. The van der Waals surface area contributed by atoms with Gasteiger partial charge in [0.1, 0.15) is 0 Å². The highest BCUT2D eigenvalue weighted by molar-refractivity contribution is 6.30. The van der Waals surface area contributed by atoms with E-state index in [1.165, 1.54) is 25.8 Å². The molecule has 0 radical (unpaired) electrons. The second-order valence-corrected chi connectivity index (χ2v) is 7.46. The summed E-state index contributed by atoms with van der Waals surface area (Å²) in [5.41, 5.74) is 1.16. The number of hydrogen-bond donors (Lipinski definition) is 2. The zero-order valence-electron chi connectivity index (χ0n) is 14.6. The van der Waals surface area contributed by atoms with Gasteiger partial charge >= 0.3 is 0 Å². The highest BCUT2D eigenvalue weighted by atomic mass is 35.5. The first-order chi connectivity index (χ1) is 11.7. The maximum absolute atomic E-state index is 9.90. The molecule has 2 fully saturated rings. The molecule has 0 saturated carbocycles. The molecule has 0 spiro atoms. The normalized spacial score (nSPS) is 25.7. The van der Waals surface area contributed by atoms with E-state index >= 15 is 0 Å². The minimum Gasteiger partial charge on any atom is -0.394 e. The van der Waals surface area contributed by atoms with E-state index in [4.69, 9.17) is 11.6 Å². The number of hydrogen-bond acceptors (Lipinski definition) is 4. The first-order valence-electron chi connectivity index (χ1n) is 9.29. The first kappa shape index (κ1) is 18.2. The van der Waals surface area contributed by atoms with Crippen molar-refractivity contribution in [1.82, 2.24) is 15.1 Å². The summed E-state index contributed by atoms with van der Waals surface area (Å²) < 4.78 is 0. The maximum atomic E-state index is 9.90. The Morgan fingerprint density at radius 2 is 1.92 bits per heavy atom. The van der Waals surface area contributed by atoms with Crippen molar-refractivity contribution < 1.29 is 5.11 Å². The molecule has 0 bridgehead atoms. The standard InChI is InChI=1S/C19H30ClN3O/c1-2-17-13-21-9-12-23(17)18-7-10-22(11-8-18)19(14-24)15-3-5-16(20)6-4-15/h3-6,17-19,21,24H,2,7-14H2,1H3/t17-,19-/m0/s1. The molecule has 2 N–H and O–H groups in total. The van der Waals surface area contributed by atoms with Gasteiger partial charge < -0.3 is 10.4 Å².